The lowest BCUT2D eigenvalue weighted by atomic mass is 10.1. The van der Waals surface area contributed by atoms with E-state index in [1.165, 1.54) is 0 Å². The Morgan fingerprint density at radius 3 is 1.97 bits per heavy atom. The summed E-state index contributed by atoms with van der Waals surface area (Å²) in [5, 5.41) is 43.5. The lowest BCUT2D eigenvalue weighted by Gasteiger charge is -2.25. The van der Waals surface area contributed by atoms with Crippen LogP contribution in [0, 0.1) is 0 Å². The Morgan fingerprint density at radius 2 is 1.52 bits per heavy atom. The van der Waals surface area contributed by atoms with E-state index >= 15 is 0 Å². The molecule has 33 heavy (non-hydrogen) atoms. The van der Waals surface area contributed by atoms with Crippen LogP contribution in [-0.2, 0) is 24.0 Å². The van der Waals surface area contributed by atoms with E-state index in [1.807, 2.05) is 5.32 Å². The highest BCUT2D eigenvalue weighted by atomic mass is 16.4. The lowest BCUT2D eigenvalue weighted by molar-refractivity contribution is -0.143. The van der Waals surface area contributed by atoms with Crippen molar-refractivity contribution in [2.24, 2.45) is 22.2 Å². The summed E-state index contributed by atoms with van der Waals surface area (Å²) in [6, 6.07) is -6.15. The van der Waals surface area contributed by atoms with Crippen LogP contribution in [0.5, 0.6) is 0 Å². The van der Waals surface area contributed by atoms with Crippen molar-refractivity contribution < 1.29 is 44.4 Å². The molecule has 16 nitrogen and oxygen atoms in total. The molecule has 0 rings (SSSR count). The van der Waals surface area contributed by atoms with Crippen molar-refractivity contribution in [3.63, 3.8) is 0 Å². The number of aliphatic hydroxyl groups excluding tert-OH is 2. The molecule has 0 aliphatic carbocycles. The molecule has 0 aromatic heterocycles. The minimum atomic E-state index is -1.64. The molecule has 0 heterocycles. The zero-order chi connectivity index (χ0) is 25.7. The average molecular weight is 477 g/mol. The van der Waals surface area contributed by atoms with Gasteiger partial charge < -0.3 is 53.6 Å². The van der Waals surface area contributed by atoms with Gasteiger partial charge >= 0.3 is 11.9 Å². The first-order valence-electron chi connectivity index (χ1n) is 9.75. The van der Waals surface area contributed by atoms with Crippen molar-refractivity contribution in [2.75, 3.05) is 13.2 Å². The maximum atomic E-state index is 12.5. The van der Waals surface area contributed by atoms with Crippen molar-refractivity contribution in [3.05, 3.63) is 0 Å². The van der Waals surface area contributed by atoms with Crippen molar-refractivity contribution >= 4 is 35.6 Å². The van der Waals surface area contributed by atoms with Crippen LogP contribution in [0.4, 0.5) is 0 Å². The summed E-state index contributed by atoms with van der Waals surface area (Å²) in [5.74, 6) is -6.11. The minimum Gasteiger partial charge on any atom is -0.481 e. The summed E-state index contributed by atoms with van der Waals surface area (Å²) in [4.78, 5) is 62.5. The van der Waals surface area contributed by atoms with Crippen LogP contribution < -0.4 is 33.2 Å². The molecule has 0 saturated carbocycles. The van der Waals surface area contributed by atoms with E-state index in [4.69, 9.17) is 22.3 Å². The number of hydrogen-bond acceptors (Lipinski definition) is 9. The maximum absolute atomic E-state index is 12.5. The highest BCUT2D eigenvalue weighted by Crippen LogP contribution is 2.02. The van der Waals surface area contributed by atoms with Gasteiger partial charge in [0.25, 0.3) is 0 Å². The number of nitrogens with two attached hydrogens (primary N) is 3. The average Bonchev–Trinajstić information content (AvgIpc) is 2.70. The predicted molar refractivity (Wildman–Crippen MR) is 112 cm³/mol. The fourth-order valence-electron chi connectivity index (χ4n) is 2.44. The van der Waals surface area contributed by atoms with Crippen molar-refractivity contribution in [2.45, 2.75) is 56.5 Å². The zero-order valence-electron chi connectivity index (χ0n) is 17.9. The summed E-state index contributed by atoms with van der Waals surface area (Å²) < 4.78 is 0. The van der Waals surface area contributed by atoms with E-state index in [0.29, 0.717) is 0 Å². The van der Waals surface area contributed by atoms with Crippen molar-refractivity contribution in [1.82, 2.24) is 16.0 Å². The normalized spacial score (nSPS) is 15.2. The molecule has 13 N–H and O–H groups in total. The van der Waals surface area contributed by atoms with Gasteiger partial charge in [-0.1, -0.05) is 0 Å². The first kappa shape index (κ1) is 29.5. The first-order chi connectivity index (χ1) is 15.3. The van der Waals surface area contributed by atoms with Gasteiger partial charge in [0, 0.05) is 6.54 Å². The van der Waals surface area contributed by atoms with Crippen LogP contribution in [0.2, 0.25) is 0 Å². The lowest BCUT2D eigenvalue weighted by Crippen LogP contribution is -2.60. The third-order valence-electron chi connectivity index (χ3n) is 4.17. The monoisotopic (exact) mass is 477 g/mol. The molecule has 0 radical (unpaired) electrons. The molecule has 0 fully saturated rings. The number of hydrogen-bond donors (Lipinski definition) is 10. The maximum Gasteiger partial charge on any atom is 0.326 e. The number of nitrogens with one attached hydrogen (secondary N) is 3. The Labute approximate surface area is 188 Å². The van der Waals surface area contributed by atoms with Crippen LogP contribution in [0.3, 0.4) is 0 Å². The van der Waals surface area contributed by atoms with Crippen molar-refractivity contribution in [1.29, 1.82) is 0 Å². The highest BCUT2D eigenvalue weighted by molar-refractivity contribution is 5.95. The molecule has 0 bridgehead atoms. The second kappa shape index (κ2) is 14.5. The van der Waals surface area contributed by atoms with E-state index in [2.05, 4.69) is 15.6 Å². The van der Waals surface area contributed by atoms with Gasteiger partial charge in [-0.05, 0) is 19.8 Å². The molecule has 0 aliphatic rings. The van der Waals surface area contributed by atoms with Crippen LogP contribution in [0.1, 0.15) is 26.2 Å². The summed E-state index contributed by atoms with van der Waals surface area (Å²) in [5.41, 5.74) is 15.7. The summed E-state index contributed by atoms with van der Waals surface area (Å²) in [6.07, 6.45) is -2.08. The van der Waals surface area contributed by atoms with Gasteiger partial charge in [0.2, 0.25) is 17.7 Å². The molecule has 5 unspecified atom stereocenters. The number of aliphatic hydroxyl groups is 2. The summed E-state index contributed by atoms with van der Waals surface area (Å²) in [6.45, 7) is 0.322. The van der Waals surface area contributed by atoms with Crippen molar-refractivity contribution in [3.8, 4) is 0 Å². The van der Waals surface area contributed by atoms with E-state index in [-0.39, 0.29) is 25.3 Å². The van der Waals surface area contributed by atoms with Gasteiger partial charge in [0.15, 0.2) is 5.96 Å². The Balaban J connectivity index is 5.15. The molecular formula is C17H31N7O9. The molecular weight excluding hydrogens is 446 g/mol. The van der Waals surface area contributed by atoms with Crippen LogP contribution >= 0.6 is 0 Å². The molecule has 3 amide bonds. The number of nitrogens with zero attached hydrogens (tertiary/aromatic N) is 1. The highest BCUT2D eigenvalue weighted by Gasteiger charge is 2.32. The Hall–Kier alpha value is -3.50. The van der Waals surface area contributed by atoms with Crippen LogP contribution in [0.25, 0.3) is 0 Å². The Bertz CT molecular complexity index is 740. The Morgan fingerprint density at radius 1 is 0.939 bits per heavy atom. The molecule has 0 saturated heterocycles. The second-order valence-electron chi connectivity index (χ2n) is 7.02. The number of carboxylic acid groups (broad SMARTS) is 2. The van der Waals surface area contributed by atoms with Crippen LogP contribution in [0.15, 0.2) is 4.99 Å². The summed E-state index contributed by atoms with van der Waals surface area (Å²) >= 11 is 0. The number of amides is 3. The molecule has 5 atom stereocenters. The van der Waals surface area contributed by atoms with E-state index in [1.54, 1.807) is 0 Å². The molecule has 0 aliphatic heterocycles. The third-order valence-corrected chi connectivity index (χ3v) is 4.17. The second-order valence-corrected chi connectivity index (χ2v) is 7.02. The first-order valence-corrected chi connectivity index (χ1v) is 9.75. The minimum absolute atomic E-state index is 0.0604. The zero-order valence-corrected chi connectivity index (χ0v) is 17.9. The number of carbonyl (C=O) groups excluding carboxylic acids is 3. The molecule has 188 valence electrons. The fourth-order valence-corrected chi connectivity index (χ4v) is 2.44. The van der Waals surface area contributed by atoms with E-state index in [9.17, 15) is 39.3 Å². The largest absolute Gasteiger partial charge is 0.481 e. The number of guanidine groups is 1. The van der Waals surface area contributed by atoms with Gasteiger partial charge in [-0.2, -0.15) is 0 Å². The SMILES string of the molecule is CC(O)C(NC(=O)C(CO)NC(=O)C(N)CC(=O)O)C(=O)NC(CCCN=C(N)N)C(=O)O. The van der Waals surface area contributed by atoms with Crippen LogP contribution in [-0.4, -0.2) is 99.5 Å². The molecule has 0 spiro atoms. The topological polar surface area (TPSA) is 293 Å². The number of carbonyl (C=O) groups is 5. The van der Waals surface area contributed by atoms with E-state index < -0.39 is 73.0 Å². The number of rotatable bonds is 15. The predicted octanol–water partition coefficient (Wildman–Crippen LogP) is -5.25. The van der Waals surface area contributed by atoms with Gasteiger partial charge in [0.1, 0.15) is 18.1 Å². The van der Waals surface area contributed by atoms with E-state index in [0.717, 1.165) is 6.92 Å². The number of carboxylic acids is 2. The fraction of sp³-hybridized carbons (Fsp3) is 0.647. The number of aliphatic imine (C=N–C) groups is 1. The molecule has 16 heteroatoms. The van der Waals surface area contributed by atoms with Gasteiger partial charge in [0.05, 0.1) is 25.2 Å². The molecule has 0 aromatic rings. The van der Waals surface area contributed by atoms with Gasteiger partial charge in [-0.15, -0.1) is 0 Å². The number of aliphatic carboxylic acids is 2. The smallest absolute Gasteiger partial charge is 0.326 e. The Kier molecular flexibility index (Phi) is 13.0. The van der Waals surface area contributed by atoms with Gasteiger partial charge in [-0.25, -0.2) is 4.79 Å². The third kappa shape index (κ3) is 11.6. The standard InChI is InChI=1S/C17H31N7O9/c1-7(26)12(15(31)22-9(16(32)33)3-2-4-21-17(19)20)24-14(30)10(6-25)23-13(29)8(18)5-11(27)28/h7-10,12,25-26H,2-6,18H2,1H3,(H,22,31)(H,23,29)(H,24,30)(H,27,28)(H,32,33)(H4,19,20,21). The molecule has 0 aromatic carbocycles. The quantitative estimate of drug-likeness (QED) is 0.0601. The van der Waals surface area contributed by atoms with Gasteiger partial charge in [-0.3, -0.25) is 24.2 Å². The summed E-state index contributed by atoms with van der Waals surface area (Å²) in [7, 11) is 0.